The van der Waals surface area contributed by atoms with Crippen LogP contribution in [-0.4, -0.2) is 51.1 Å². The number of rotatable bonds is 2. The molecular weight excluding hydrogens is 322 g/mol. The lowest BCUT2D eigenvalue weighted by Crippen LogP contribution is -2.44. The molecule has 8 heteroatoms. The average molecular weight is 345 g/mol. The summed E-state index contributed by atoms with van der Waals surface area (Å²) in [7, 11) is 4.78. The largest absolute Gasteiger partial charge is 0.337 e. The van der Waals surface area contributed by atoms with Crippen LogP contribution >= 0.6 is 0 Å². The van der Waals surface area contributed by atoms with Crippen molar-refractivity contribution in [3.8, 4) is 0 Å². The van der Waals surface area contributed by atoms with Crippen molar-refractivity contribution in [2.75, 3.05) is 20.1 Å². The van der Waals surface area contributed by atoms with Crippen LogP contribution in [0.15, 0.2) is 15.7 Å². The number of amides is 1. The Labute approximate surface area is 145 Å². The zero-order valence-electron chi connectivity index (χ0n) is 15.0. The lowest BCUT2D eigenvalue weighted by Gasteiger charge is -2.31. The van der Waals surface area contributed by atoms with Gasteiger partial charge < -0.3 is 10.2 Å². The molecule has 25 heavy (non-hydrogen) atoms. The van der Waals surface area contributed by atoms with Crippen LogP contribution in [0.2, 0.25) is 0 Å². The van der Waals surface area contributed by atoms with Gasteiger partial charge in [0, 0.05) is 27.2 Å². The smallest absolute Gasteiger partial charge is 0.332 e. The first kappa shape index (κ1) is 17.3. The molecule has 1 saturated heterocycles. The van der Waals surface area contributed by atoms with Gasteiger partial charge in [0.25, 0.3) is 11.5 Å². The molecule has 2 aromatic rings. The summed E-state index contributed by atoms with van der Waals surface area (Å²) in [6.45, 7) is 3.53. The fourth-order valence-corrected chi connectivity index (χ4v) is 3.38. The minimum atomic E-state index is -0.458. The van der Waals surface area contributed by atoms with Gasteiger partial charge in [0.15, 0.2) is 0 Å². The Morgan fingerprint density at radius 2 is 1.88 bits per heavy atom. The van der Waals surface area contributed by atoms with Gasteiger partial charge in [-0.25, -0.2) is 9.78 Å². The zero-order valence-corrected chi connectivity index (χ0v) is 15.0. The molecule has 0 aliphatic carbocycles. The first-order valence-corrected chi connectivity index (χ1v) is 8.38. The number of aromatic nitrogens is 3. The Morgan fingerprint density at radius 1 is 1.24 bits per heavy atom. The maximum Gasteiger partial charge on any atom is 0.332 e. The summed E-state index contributed by atoms with van der Waals surface area (Å²) in [5, 5.41) is 3.64. The molecule has 0 atom stereocenters. The zero-order chi connectivity index (χ0) is 18.3. The Bertz CT molecular complexity index is 953. The van der Waals surface area contributed by atoms with Crippen molar-refractivity contribution in [2.45, 2.75) is 25.8 Å². The van der Waals surface area contributed by atoms with Crippen molar-refractivity contribution in [1.29, 1.82) is 0 Å². The molecule has 8 nitrogen and oxygen atoms in total. The molecule has 0 saturated carbocycles. The van der Waals surface area contributed by atoms with E-state index in [0.29, 0.717) is 10.9 Å². The molecule has 0 radical (unpaired) electrons. The number of aryl methyl sites for hydroxylation is 2. The molecule has 0 bridgehead atoms. The number of pyridine rings is 1. The van der Waals surface area contributed by atoms with Crippen LogP contribution in [0.25, 0.3) is 11.0 Å². The predicted molar refractivity (Wildman–Crippen MR) is 94.9 cm³/mol. The summed E-state index contributed by atoms with van der Waals surface area (Å²) in [5.41, 5.74) is 0.294. The van der Waals surface area contributed by atoms with Crippen LogP contribution < -0.4 is 16.6 Å². The first-order chi connectivity index (χ1) is 11.8. The number of piperidine rings is 1. The van der Waals surface area contributed by atoms with Crippen LogP contribution in [0.4, 0.5) is 0 Å². The van der Waals surface area contributed by atoms with E-state index in [1.807, 2.05) is 0 Å². The normalized spacial score (nSPS) is 15.5. The van der Waals surface area contributed by atoms with E-state index in [0.717, 1.165) is 30.5 Å². The van der Waals surface area contributed by atoms with E-state index in [4.69, 9.17) is 0 Å². The predicted octanol–water partition coefficient (Wildman–Crippen LogP) is -0.235. The van der Waals surface area contributed by atoms with Gasteiger partial charge in [-0.05, 0) is 44.5 Å². The molecule has 134 valence electrons. The number of hydrogen-bond donors (Lipinski definition) is 1. The number of nitrogens with zero attached hydrogens (tertiary/aromatic N) is 4. The van der Waals surface area contributed by atoms with E-state index < -0.39 is 11.2 Å². The minimum absolute atomic E-state index is 0.166. The molecule has 0 aromatic carbocycles. The van der Waals surface area contributed by atoms with E-state index in [2.05, 4.69) is 10.3 Å². The summed E-state index contributed by atoms with van der Waals surface area (Å²) >= 11 is 0. The fraction of sp³-hybridized carbons (Fsp3) is 0.529. The van der Waals surface area contributed by atoms with Crippen molar-refractivity contribution >= 4 is 16.9 Å². The number of carbonyl (C=O) groups excluding carboxylic acids is 1. The van der Waals surface area contributed by atoms with E-state index >= 15 is 0 Å². The van der Waals surface area contributed by atoms with Crippen molar-refractivity contribution in [3.63, 3.8) is 0 Å². The number of fused-ring (bicyclic) bond motifs is 1. The number of hydrogen-bond acceptors (Lipinski definition) is 5. The lowest BCUT2D eigenvalue weighted by atomic mass is 10.0. The highest BCUT2D eigenvalue weighted by molar-refractivity contribution is 5.95. The van der Waals surface area contributed by atoms with Crippen LogP contribution in [0.5, 0.6) is 0 Å². The Kier molecular flexibility index (Phi) is 4.47. The van der Waals surface area contributed by atoms with Gasteiger partial charge in [-0.2, -0.15) is 0 Å². The monoisotopic (exact) mass is 345 g/mol. The molecule has 0 spiro atoms. The van der Waals surface area contributed by atoms with Gasteiger partial charge in [-0.15, -0.1) is 0 Å². The van der Waals surface area contributed by atoms with Crippen molar-refractivity contribution in [3.05, 3.63) is 38.2 Å². The van der Waals surface area contributed by atoms with Crippen LogP contribution in [0, 0.1) is 6.92 Å². The second kappa shape index (κ2) is 6.44. The molecule has 1 aliphatic rings. The number of nitrogens with one attached hydrogen (secondary N) is 1. The maximum atomic E-state index is 12.9. The molecule has 1 N–H and O–H groups in total. The molecule has 2 aromatic heterocycles. The fourth-order valence-electron chi connectivity index (χ4n) is 3.38. The van der Waals surface area contributed by atoms with Crippen LogP contribution in [-0.2, 0) is 14.1 Å². The Morgan fingerprint density at radius 3 is 2.52 bits per heavy atom. The van der Waals surface area contributed by atoms with E-state index in [1.165, 1.54) is 11.6 Å². The third kappa shape index (κ3) is 2.86. The first-order valence-electron chi connectivity index (χ1n) is 8.38. The van der Waals surface area contributed by atoms with Gasteiger partial charge in [-0.1, -0.05) is 0 Å². The van der Waals surface area contributed by atoms with Crippen LogP contribution in [0.3, 0.4) is 0 Å². The molecule has 3 heterocycles. The second-order valence-corrected chi connectivity index (χ2v) is 6.63. The minimum Gasteiger partial charge on any atom is -0.337 e. The molecule has 1 fully saturated rings. The van der Waals surface area contributed by atoms with Crippen molar-refractivity contribution in [1.82, 2.24) is 24.3 Å². The molecule has 0 unspecified atom stereocenters. The maximum absolute atomic E-state index is 12.9. The van der Waals surface area contributed by atoms with Crippen LogP contribution in [0.1, 0.15) is 28.9 Å². The standard InChI is InChI=1S/C17H23N5O3/c1-10-9-12(15(23)20(2)11-5-7-18-8-6-11)19-14-13(10)16(24)22(4)17(25)21(14)3/h9,11,18H,5-8H2,1-4H3. The highest BCUT2D eigenvalue weighted by atomic mass is 16.2. The molecule has 1 amide bonds. The molecule has 1 aliphatic heterocycles. The Hall–Kier alpha value is -2.48. The summed E-state index contributed by atoms with van der Waals surface area (Å²) in [6, 6.07) is 1.80. The van der Waals surface area contributed by atoms with Gasteiger partial charge in [0.1, 0.15) is 11.3 Å². The topological polar surface area (TPSA) is 89.2 Å². The van der Waals surface area contributed by atoms with E-state index in [1.54, 1.807) is 32.0 Å². The van der Waals surface area contributed by atoms with Gasteiger partial charge in [0.05, 0.1) is 5.39 Å². The molecular formula is C17H23N5O3. The Balaban J connectivity index is 2.10. The van der Waals surface area contributed by atoms with Crippen molar-refractivity contribution in [2.24, 2.45) is 14.1 Å². The van der Waals surface area contributed by atoms with Gasteiger partial charge >= 0.3 is 5.69 Å². The van der Waals surface area contributed by atoms with Crippen molar-refractivity contribution < 1.29 is 4.79 Å². The summed E-state index contributed by atoms with van der Waals surface area (Å²) in [6.07, 6.45) is 1.79. The van der Waals surface area contributed by atoms with E-state index in [-0.39, 0.29) is 23.3 Å². The third-order valence-corrected chi connectivity index (χ3v) is 5.00. The van der Waals surface area contributed by atoms with Gasteiger partial charge in [0.2, 0.25) is 0 Å². The lowest BCUT2D eigenvalue weighted by molar-refractivity contribution is 0.0697. The third-order valence-electron chi connectivity index (χ3n) is 5.00. The second-order valence-electron chi connectivity index (χ2n) is 6.63. The SMILES string of the molecule is Cc1cc(C(=O)N(C)C2CCNCC2)nc2c1c(=O)n(C)c(=O)n2C. The quantitative estimate of drug-likeness (QED) is 0.812. The number of carbonyl (C=O) groups is 1. The summed E-state index contributed by atoms with van der Waals surface area (Å²) < 4.78 is 2.37. The average Bonchev–Trinajstić information content (AvgIpc) is 2.63. The van der Waals surface area contributed by atoms with Gasteiger partial charge in [-0.3, -0.25) is 18.7 Å². The summed E-state index contributed by atoms with van der Waals surface area (Å²) in [4.78, 5) is 43.5. The van der Waals surface area contributed by atoms with E-state index in [9.17, 15) is 14.4 Å². The highest BCUT2D eigenvalue weighted by Crippen LogP contribution is 2.17. The highest BCUT2D eigenvalue weighted by Gasteiger charge is 2.25. The molecule has 3 rings (SSSR count). The summed E-state index contributed by atoms with van der Waals surface area (Å²) in [5.74, 6) is -0.190.